The number of carbonyl (C=O) groups excluding carboxylic acids is 1. The van der Waals surface area contributed by atoms with Crippen LogP contribution in [-0.4, -0.2) is 65.4 Å². The molecule has 0 saturated carbocycles. The lowest BCUT2D eigenvalue weighted by Crippen LogP contribution is -2.12. The minimum Gasteiger partial charge on any atom is -0.466 e. The summed E-state index contributed by atoms with van der Waals surface area (Å²) in [6.45, 7) is 9.79. The number of hydrogen-bond donors (Lipinski definition) is 0. The van der Waals surface area contributed by atoms with Crippen LogP contribution in [0.2, 0.25) is 0 Å². The van der Waals surface area contributed by atoms with E-state index in [2.05, 4.69) is 13.8 Å². The van der Waals surface area contributed by atoms with Crippen LogP contribution in [-0.2, 0) is 28.5 Å². The van der Waals surface area contributed by atoms with Crippen molar-refractivity contribution in [2.75, 3.05) is 59.5 Å². The summed E-state index contributed by atoms with van der Waals surface area (Å²) in [4.78, 5) is 11.6. The fraction of sp³-hybridized carbons (Fsp3) is 0.957. The number of unbranched alkanes of at least 4 members (excludes halogenated alkanes) is 7. The molecule has 0 atom stereocenters. The lowest BCUT2D eigenvalue weighted by molar-refractivity contribution is -0.144. The van der Waals surface area contributed by atoms with Crippen molar-refractivity contribution in [3.8, 4) is 0 Å². The molecule has 0 aromatic rings. The van der Waals surface area contributed by atoms with E-state index in [9.17, 15) is 4.79 Å². The molecule has 0 saturated heterocycles. The number of esters is 1. The molecule has 174 valence electrons. The minimum atomic E-state index is -0.120. The van der Waals surface area contributed by atoms with Crippen LogP contribution in [0.4, 0.5) is 0 Å². The monoisotopic (exact) mass is 418 g/mol. The predicted octanol–water partition coefficient (Wildman–Crippen LogP) is 4.93. The number of hydrogen-bond acceptors (Lipinski definition) is 6. The van der Waals surface area contributed by atoms with Crippen molar-refractivity contribution in [1.82, 2.24) is 0 Å². The van der Waals surface area contributed by atoms with Gasteiger partial charge in [-0.15, -0.1) is 0 Å². The Bertz CT molecular complexity index is 324. The van der Waals surface area contributed by atoms with Gasteiger partial charge in [0.2, 0.25) is 0 Å². The zero-order valence-corrected chi connectivity index (χ0v) is 19.1. The summed E-state index contributed by atoms with van der Waals surface area (Å²) in [7, 11) is 0. The Kier molecular flexibility index (Phi) is 24.7. The first-order chi connectivity index (χ1) is 14.3. The van der Waals surface area contributed by atoms with Gasteiger partial charge in [0, 0.05) is 19.6 Å². The van der Waals surface area contributed by atoms with Gasteiger partial charge in [-0.25, -0.2) is 0 Å². The van der Waals surface area contributed by atoms with Gasteiger partial charge in [-0.2, -0.15) is 0 Å². The predicted molar refractivity (Wildman–Crippen MR) is 116 cm³/mol. The van der Waals surface area contributed by atoms with E-state index in [1.165, 1.54) is 38.5 Å². The molecule has 29 heavy (non-hydrogen) atoms. The van der Waals surface area contributed by atoms with Crippen molar-refractivity contribution in [2.24, 2.45) is 0 Å². The van der Waals surface area contributed by atoms with Gasteiger partial charge in [0.1, 0.15) is 0 Å². The van der Waals surface area contributed by atoms with E-state index in [1.54, 1.807) is 0 Å². The van der Waals surface area contributed by atoms with Crippen molar-refractivity contribution in [3.05, 3.63) is 0 Å². The first kappa shape index (κ1) is 28.3. The normalized spacial score (nSPS) is 11.1. The Balaban J connectivity index is 3.11. The molecule has 0 radical (unpaired) electrons. The van der Waals surface area contributed by atoms with Crippen LogP contribution in [0.1, 0.15) is 84.5 Å². The number of ether oxygens (including phenoxy) is 5. The van der Waals surface area contributed by atoms with Crippen molar-refractivity contribution in [2.45, 2.75) is 84.5 Å². The molecule has 6 heteroatoms. The molecule has 0 N–H and O–H groups in total. The van der Waals surface area contributed by atoms with E-state index in [-0.39, 0.29) is 5.97 Å². The molecule has 0 bridgehead atoms. The average Bonchev–Trinajstić information content (AvgIpc) is 2.72. The minimum absolute atomic E-state index is 0.120. The third kappa shape index (κ3) is 25.3. The summed E-state index contributed by atoms with van der Waals surface area (Å²) in [5.41, 5.74) is 0. The van der Waals surface area contributed by atoms with E-state index in [4.69, 9.17) is 23.7 Å². The van der Waals surface area contributed by atoms with E-state index in [0.29, 0.717) is 65.7 Å². The summed E-state index contributed by atoms with van der Waals surface area (Å²) in [5, 5.41) is 0. The van der Waals surface area contributed by atoms with Crippen molar-refractivity contribution in [1.29, 1.82) is 0 Å². The summed E-state index contributed by atoms with van der Waals surface area (Å²) >= 11 is 0. The number of rotatable bonds is 24. The smallest absolute Gasteiger partial charge is 0.305 e. The Hall–Kier alpha value is -0.690. The molecule has 0 aliphatic rings. The molecular formula is C23H46O6. The van der Waals surface area contributed by atoms with Gasteiger partial charge in [-0.05, 0) is 19.3 Å². The number of carbonyl (C=O) groups is 1. The van der Waals surface area contributed by atoms with Crippen molar-refractivity contribution < 1.29 is 28.5 Å². The van der Waals surface area contributed by atoms with Crippen LogP contribution in [0.5, 0.6) is 0 Å². The van der Waals surface area contributed by atoms with Crippen LogP contribution < -0.4 is 0 Å². The first-order valence-electron chi connectivity index (χ1n) is 11.8. The molecule has 0 unspecified atom stereocenters. The maximum Gasteiger partial charge on any atom is 0.305 e. The molecule has 0 fully saturated rings. The van der Waals surface area contributed by atoms with Gasteiger partial charge < -0.3 is 23.7 Å². The van der Waals surface area contributed by atoms with Crippen molar-refractivity contribution in [3.63, 3.8) is 0 Å². The topological polar surface area (TPSA) is 63.2 Å². The lowest BCUT2D eigenvalue weighted by atomic mass is 10.1. The Labute approximate surface area is 178 Å². The second-order valence-electron chi connectivity index (χ2n) is 7.25. The quantitative estimate of drug-likeness (QED) is 0.164. The third-order valence-electron chi connectivity index (χ3n) is 4.44. The second kappa shape index (κ2) is 25.3. The van der Waals surface area contributed by atoms with Gasteiger partial charge in [-0.1, -0.05) is 58.8 Å². The standard InChI is InChI=1S/C23H46O6/c1-3-5-7-8-9-11-16-29-23(24)13-12-15-26-18-20-28-22-21-27-19-17-25-14-10-6-4-2/h3-22H2,1-2H3. The van der Waals surface area contributed by atoms with Gasteiger partial charge in [0.25, 0.3) is 0 Å². The van der Waals surface area contributed by atoms with Gasteiger partial charge >= 0.3 is 5.97 Å². The fourth-order valence-corrected chi connectivity index (χ4v) is 2.68. The Morgan fingerprint density at radius 3 is 1.48 bits per heavy atom. The van der Waals surface area contributed by atoms with E-state index in [1.807, 2.05) is 0 Å². The zero-order chi connectivity index (χ0) is 21.3. The summed E-state index contributed by atoms with van der Waals surface area (Å²) in [6, 6.07) is 0. The Morgan fingerprint density at radius 1 is 0.483 bits per heavy atom. The largest absolute Gasteiger partial charge is 0.466 e. The molecule has 0 aliphatic carbocycles. The van der Waals surface area contributed by atoms with E-state index in [0.717, 1.165) is 25.9 Å². The van der Waals surface area contributed by atoms with Crippen molar-refractivity contribution >= 4 is 5.97 Å². The zero-order valence-electron chi connectivity index (χ0n) is 19.1. The third-order valence-corrected chi connectivity index (χ3v) is 4.44. The molecule has 0 spiro atoms. The van der Waals surface area contributed by atoms with E-state index >= 15 is 0 Å². The maximum atomic E-state index is 11.6. The summed E-state index contributed by atoms with van der Waals surface area (Å²) in [5.74, 6) is -0.120. The SMILES string of the molecule is CCCCCCCCOC(=O)CCCOCCOCCOCCOCCCCC. The molecular weight excluding hydrogens is 372 g/mol. The van der Waals surface area contributed by atoms with E-state index < -0.39 is 0 Å². The van der Waals surface area contributed by atoms with Crippen LogP contribution in [0.3, 0.4) is 0 Å². The molecule has 0 aromatic heterocycles. The highest BCUT2D eigenvalue weighted by Crippen LogP contribution is 2.05. The summed E-state index contributed by atoms with van der Waals surface area (Å²) in [6.07, 6.45) is 11.9. The van der Waals surface area contributed by atoms with Crippen LogP contribution in [0, 0.1) is 0 Å². The summed E-state index contributed by atoms with van der Waals surface area (Å²) < 4.78 is 27.0. The van der Waals surface area contributed by atoms with Crippen LogP contribution in [0.25, 0.3) is 0 Å². The highest BCUT2D eigenvalue weighted by Gasteiger charge is 2.02. The average molecular weight is 419 g/mol. The van der Waals surface area contributed by atoms with Crippen LogP contribution in [0.15, 0.2) is 0 Å². The maximum absolute atomic E-state index is 11.6. The lowest BCUT2D eigenvalue weighted by Gasteiger charge is -2.08. The molecule has 0 rings (SSSR count). The Morgan fingerprint density at radius 2 is 0.897 bits per heavy atom. The second-order valence-corrected chi connectivity index (χ2v) is 7.25. The highest BCUT2D eigenvalue weighted by atomic mass is 16.6. The molecule has 6 nitrogen and oxygen atoms in total. The molecule has 0 aliphatic heterocycles. The molecule has 0 aromatic carbocycles. The molecule has 0 heterocycles. The first-order valence-corrected chi connectivity index (χ1v) is 11.8. The van der Waals surface area contributed by atoms with Gasteiger partial charge in [-0.3, -0.25) is 4.79 Å². The highest BCUT2D eigenvalue weighted by molar-refractivity contribution is 5.69. The fourth-order valence-electron chi connectivity index (χ4n) is 2.68. The van der Waals surface area contributed by atoms with Gasteiger partial charge in [0.05, 0.1) is 46.2 Å². The molecule has 0 amide bonds. The van der Waals surface area contributed by atoms with Crippen LogP contribution >= 0.6 is 0 Å². The van der Waals surface area contributed by atoms with Gasteiger partial charge in [0.15, 0.2) is 0 Å².